The Labute approximate surface area is 115 Å². The van der Waals surface area contributed by atoms with Gasteiger partial charge >= 0.3 is 5.97 Å². The zero-order chi connectivity index (χ0) is 14.9. The van der Waals surface area contributed by atoms with Gasteiger partial charge in [0.05, 0.1) is 11.5 Å². The summed E-state index contributed by atoms with van der Waals surface area (Å²) in [5.74, 6) is -1.84. The molecule has 0 unspecified atom stereocenters. The maximum Gasteiger partial charge on any atom is 0.322 e. The minimum Gasteiger partial charge on any atom is -0.480 e. The molecule has 1 saturated heterocycles. The molecule has 2 rings (SSSR count). The van der Waals surface area contributed by atoms with Crippen molar-refractivity contribution in [3.05, 3.63) is 30.1 Å². The van der Waals surface area contributed by atoms with Crippen LogP contribution in [0.3, 0.4) is 0 Å². The zero-order valence-electron chi connectivity index (χ0n) is 10.4. The highest BCUT2D eigenvalue weighted by atomic mass is 32.2. The van der Waals surface area contributed by atoms with Gasteiger partial charge in [0, 0.05) is 6.04 Å². The standard InChI is InChI=1S/C12H14FNO5S/c13-8-1-4-10(5-2-8)20(18,19)14-9(7-15)3-6-11(14)12(16)17/h1-2,4-5,9,11,15H,3,6-7H2,(H,16,17)/t9-,11-/m1/s1. The van der Waals surface area contributed by atoms with Crippen LogP contribution in [0.5, 0.6) is 0 Å². The third-order valence-corrected chi connectivity index (χ3v) is 5.30. The molecule has 0 radical (unpaired) electrons. The molecule has 1 aliphatic rings. The van der Waals surface area contributed by atoms with Gasteiger partial charge in [0.25, 0.3) is 0 Å². The summed E-state index contributed by atoms with van der Waals surface area (Å²) in [7, 11) is -4.09. The van der Waals surface area contributed by atoms with E-state index in [1.54, 1.807) is 0 Å². The fourth-order valence-corrected chi connectivity index (χ4v) is 4.17. The smallest absolute Gasteiger partial charge is 0.322 e. The SMILES string of the molecule is O=C(O)[C@H]1CC[C@H](CO)N1S(=O)(=O)c1ccc(F)cc1. The molecular weight excluding hydrogens is 289 g/mol. The monoisotopic (exact) mass is 303 g/mol. The average Bonchev–Trinajstić information content (AvgIpc) is 2.84. The summed E-state index contributed by atoms with van der Waals surface area (Å²) in [6.45, 7) is -0.454. The predicted octanol–water partition coefficient (Wildman–Crippen LogP) is 0.424. The quantitative estimate of drug-likeness (QED) is 0.841. The third kappa shape index (κ3) is 2.54. The van der Waals surface area contributed by atoms with Crippen molar-refractivity contribution in [1.29, 1.82) is 0 Å². The summed E-state index contributed by atoms with van der Waals surface area (Å²) < 4.78 is 38.6. The molecule has 1 aromatic carbocycles. The number of carboxylic acid groups (broad SMARTS) is 1. The normalized spacial score (nSPS) is 23.9. The topological polar surface area (TPSA) is 94.9 Å². The van der Waals surface area contributed by atoms with E-state index < -0.39 is 40.5 Å². The van der Waals surface area contributed by atoms with E-state index in [-0.39, 0.29) is 17.7 Å². The van der Waals surface area contributed by atoms with Crippen molar-refractivity contribution in [1.82, 2.24) is 4.31 Å². The van der Waals surface area contributed by atoms with Crippen molar-refractivity contribution in [2.24, 2.45) is 0 Å². The fraction of sp³-hybridized carbons (Fsp3) is 0.417. The van der Waals surface area contributed by atoms with Gasteiger partial charge in [-0.3, -0.25) is 4.79 Å². The zero-order valence-corrected chi connectivity index (χ0v) is 11.3. The second-order valence-electron chi connectivity index (χ2n) is 4.56. The lowest BCUT2D eigenvalue weighted by Crippen LogP contribution is -2.46. The average molecular weight is 303 g/mol. The molecule has 110 valence electrons. The molecule has 0 bridgehead atoms. The van der Waals surface area contributed by atoms with Crippen LogP contribution < -0.4 is 0 Å². The van der Waals surface area contributed by atoms with Crippen LogP contribution in [0.1, 0.15) is 12.8 Å². The summed E-state index contributed by atoms with van der Waals surface area (Å²) in [5.41, 5.74) is 0. The van der Waals surface area contributed by atoms with Crippen molar-refractivity contribution in [2.75, 3.05) is 6.61 Å². The van der Waals surface area contributed by atoms with Crippen LogP contribution in [0.25, 0.3) is 0 Å². The van der Waals surface area contributed by atoms with Gasteiger partial charge in [-0.15, -0.1) is 0 Å². The molecular formula is C12H14FNO5S. The minimum atomic E-state index is -4.09. The summed E-state index contributed by atoms with van der Waals surface area (Å²) in [6, 6.07) is 2.17. The van der Waals surface area contributed by atoms with E-state index in [0.717, 1.165) is 28.6 Å². The first-order valence-corrected chi connectivity index (χ1v) is 7.44. The number of halogens is 1. The fourth-order valence-electron chi connectivity index (χ4n) is 2.36. The van der Waals surface area contributed by atoms with Crippen LogP contribution in [0.15, 0.2) is 29.2 Å². The second-order valence-corrected chi connectivity index (χ2v) is 6.40. The summed E-state index contributed by atoms with van der Waals surface area (Å²) in [4.78, 5) is 11.0. The number of sulfonamides is 1. The number of rotatable bonds is 4. The first kappa shape index (κ1) is 14.9. The van der Waals surface area contributed by atoms with Crippen LogP contribution in [-0.2, 0) is 14.8 Å². The molecule has 0 amide bonds. The van der Waals surface area contributed by atoms with Gasteiger partial charge in [-0.05, 0) is 37.1 Å². The Morgan fingerprint density at radius 2 is 1.90 bits per heavy atom. The van der Waals surface area contributed by atoms with Crippen LogP contribution in [0.2, 0.25) is 0 Å². The molecule has 1 heterocycles. The van der Waals surface area contributed by atoms with E-state index in [9.17, 15) is 22.7 Å². The van der Waals surface area contributed by atoms with Crippen molar-refractivity contribution in [2.45, 2.75) is 29.8 Å². The highest BCUT2D eigenvalue weighted by Crippen LogP contribution is 2.31. The van der Waals surface area contributed by atoms with Crippen LogP contribution in [-0.4, -0.2) is 47.6 Å². The van der Waals surface area contributed by atoms with Crippen LogP contribution >= 0.6 is 0 Å². The Balaban J connectivity index is 2.44. The number of benzene rings is 1. The van der Waals surface area contributed by atoms with E-state index in [2.05, 4.69) is 0 Å². The largest absolute Gasteiger partial charge is 0.480 e. The Bertz CT molecular complexity index is 601. The molecule has 8 heteroatoms. The van der Waals surface area contributed by atoms with Gasteiger partial charge in [-0.2, -0.15) is 4.31 Å². The van der Waals surface area contributed by atoms with Gasteiger partial charge in [0.2, 0.25) is 10.0 Å². The highest BCUT2D eigenvalue weighted by Gasteiger charge is 2.45. The molecule has 2 atom stereocenters. The van der Waals surface area contributed by atoms with Gasteiger partial charge in [-0.1, -0.05) is 0 Å². The number of hydrogen-bond acceptors (Lipinski definition) is 4. The molecule has 6 nitrogen and oxygen atoms in total. The number of carbonyl (C=O) groups is 1. The molecule has 0 aliphatic carbocycles. The van der Waals surface area contributed by atoms with Gasteiger partial charge < -0.3 is 10.2 Å². The van der Waals surface area contributed by atoms with E-state index in [0.29, 0.717) is 0 Å². The Hall–Kier alpha value is -1.51. The summed E-state index contributed by atoms with van der Waals surface area (Å²) in [5, 5.41) is 18.3. The number of aliphatic hydroxyl groups is 1. The lowest BCUT2D eigenvalue weighted by atomic mass is 10.2. The molecule has 0 aromatic heterocycles. The molecule has 0 spiro atoms. The third-order valence-electron chi connectivity index (χ3n) is 3.33. The van der Waals surface area contributed by atoms with Crippen LogP contribution in [0.4, 0.5) is 4.39 Å². The molecule has 20 heavy (non-hydrogen) atoms. The van der Waals surface area contributed by atoms with E-state index in [4.69, 9.17) is 5.11 Å². The number of aliphatic carboxylic acids is 1. The van der Waals surface area contributed by atoms with Crippen molar-refractivity contribution < 1.29 is 27.8 Å². The maximum atomic E-state index is 12.9. The Morgan fingerprint density at radius 1 is 1.30 bits per heavy atom. The maximum absolute atomic E-state index is 12.9. The van der Waals surface area contributed by atoms with Crippen molar-refractivity contribution in [3.63, 3.8) is 0 Å². The van der Waals surface area contributed by atoms with Crippen LogP contribution in [0, 0.1) is 5.82 Å². The Morgan fingerprint density at radius 3 is 2.40 bits per heavy atom. The summed E-state index contributed by atoms with van der Waals surface area (Å²) >= 11 is 0. The number of hydrogen-bond donors (Lipinski definition) is 2. The Kier molecular flexibility index (Phi) is 4.07. The van der Waals surface area contributed by atoms with Gasteiger partial charge in [-0.25, -0.2) is 12.8 Å². The lowest BCUT2D eigenvalue weighted by molar-refractivity contribution is -0.141. The molecule has 0 saturated carbocycles. The molecule has 2 N–H and O–H groups in total. The highest BCUT2D eigenvalue weighted by molar-refractivity contribution is 7.89. The van der Waals surface area contributed by atoms with E-state index in [1.165, 1.54) is 0 Å². The number of aliphatic hydroxyl groups excluding tert-OH is 1. The van der Waals surface area contributed by atoms with E-state index >= 15 is 0 Å². The molecule has 1 fully saturated rings. The minimum absolute atomic E-state index is 0.140. The first-order chi connectivity index (χ1) is 9.37. The van der Waals surface area contributed by atoms with E-state index in [1.807, 2.05) is 0 Å². The van der Waals surface area contributed by atoms with Gasteiger partial charge in [0.15, 0.2) is 0 Å². The number of nitrogens with zero attached hydrogens (tertiary/aromatic N) is 1. The lowest BCUT2D eigenvalue weighted by Gasteiger charge is -2.26. The van der Waals surface area contributed by atoms with Gasteiger partial charge in [0.1, 0.15) is 11.9 Å². The first-order valence-electron chi connectivity index (χ1n) is 6.00. The number of carboxylic acids is 1. The predicted molar refractivity (Wildman–Crippen MR) is 67.0 cm³/mol. The second kappa shape index (κ2) is 5.47. The van der Waals surface area contributed by atoms with Crippen molar-refractivity contribution in [3.8, 4) is 0 Å². The summed E-state index contributed by atoms with van der Waals surface area (Å²) in [6.07, 6.45) is 0.412. The molecule has 1 aliphatic heterocycles. The molecule has 1 aromatic rings. The van der Waals surface area contributed by atoms with Crippen molar-refractivity contribution >= 4 is 16.0 Å².